The van der Waals surface area contributed by atoms with Gasteiger partial charge in [-0.1, -0.05) is 26.0 Å². The Kier molecular flexibility index (Phi) is 2.77. The lowest BCUT2D eigenvalue weighted by molar-refractivity contribution is -0.150. The van der Waals surface area contributed by atoms with Crippen LogP contribution in [-0.4, -0.2) is 17.8 Å². The molecule has 0 saturated carbocycles. The average Bonchev–Trinajstić information content (AvgIpc) is 2.26. The van der Waals surface area contributed by atoms with Crippen LogP contribution in [0.2, 0.25) is 0 Å². The zero-order chi connectivity index (χ0) is 12.6. The van der Waals surface area contributed by atoms with E-state index in [1.165, 1.54) is 0 Å². The van der Waals surface area contributed by atoms with Crippen LogP contribution < -0.4 is 10.6 Å². The molecule has 5 heteroatoms. The number of urea groups is 1. The molecule has 2 N–H and O–H groups in total. The van der Waals surface area contributed by atoms with Gasteiger partial charge in [0.15, 0.2) is 0 Å². The Labute approximate surface area is 99.6 Å². The lowest BCUT2D eigenvalue weighted by Crippen LogP contribution is -2.65. The fourth-order valence-corrected chi connectivity index (χ4v) is 2.79. The number of nitrogens with one attached hydrogen (secondary N) is 2. The third kappa shape index (κ3) is 1.66. The van der Waals surface area contributed by atoms with Crippen LogP contribution in [0.3, 0.4) is 0 Å². The molecule has 1 spiro atoms. The topological polar surface area (TPSA) is 75.3 Å². The minimum absolute atomic E-state index is 0.0689. The SMILES string of the molecule is CC(C)[C@@H]1CC=CCC12C(=O)NC(=O)NC2=O. The molecular weight excluding hydrogens is 220 g/mol. The first-order valence-electron chi connectivity index (χ1n) is 5.80. The van der Waals surface area contributed by atoms with Crippen molar-refractivity contribution in [3.8, 4) is 0 Å². The summed E-state index contributed by atoms with van der Waals surface area (Å²) < 4.78 is 0. The number of amides is 4. The van der Waals surface area contributed by atoms with Crippen molar-refractivity contribution in [3.63, 3.8) is 0 Å². The molecule has 5 nitrogen and oxygen atoms in total. The zero-order valence-corrected chi connectivity index (χ0v) is 9.95. The maximum atomic E-state index is 12.1. The molecule has 0 aromatic carbocycles. The summed E-state index contributed by atoms with van der Waals surface area (Å²) >= 11 is 0. The monoisotopic (exact) mass is 236 g/mol. The number of carbonyl (C=O) groups is 3. The summed E-state index contributed by atoms with van der Waals surface area (Å²) in [5.41, 5.74) is -1.11. The van der Waals surface area contributed by atoms with E-state index in [0.29, 0.717) is 12.8 Å². The molecule has 1 atom stereocenters. The minimum Gasteiger partial charge on any atom is -0.277 e. The van der Waals surface area contributed by atoms with E-state index in [4.69, 9.17) is 0 Å². The number of carbonyl (C=O) groups excluding carboxylic acids is 3. The summed E-state index contributed by atoms with van der Waals surface area (Å²) in [5, 5.41) is 4.42. The molecule has 1 aliphatic carbocycles. The van der Waals surface area contributed by atoms with E-state index in [1.807, 2.05) is 26.0 Å². The molecular formula is C12H16N2O3. The molecule has 1 fully saturated rings. The Morgan fingerprint density at radius 3 is 2.29 bits per heavy atom. The van der Waals surface area contributed by atoms with Crippen LogP contribution in [-0.2, 0) is 9.59 Å². The first kappa shape index (κ1) is 11.8. The molecule has 0 radical (unpaired) electrons. The quantitative estimate of drug-likeness (QED) is 0.526. The smallest absolute Gasteiger partial charge is 0.277 e. The van der Waals surface area contributed by atoms with E-state index in [1.54, 1.807) is 0 Å². The number of allylic oxidation sites excluding steroid dienone is 2. The molecule has 0 aromatic rings. The predicted molar refractivity (Wildman–Crippen MR) is 60.8 cm³/mol. The van der Waals surface area contributed by atoms with Crippen molar-refractivity contribution in [2.45, 2.75) is 26.7 Å². The molecule has 1 heterocycles. The highest BCUT2D eigenvalue weighted by Gasteiger charge is 2.55. The third-order valence-electron chi connectivity index (χ3n) is 3.70. The second-order valence-electron chi connectivity index (χ2n) is 4.97. The normalized spacial score (nSPS) is 27.2. The number of hydrogen-bond acceptors (Lipinski definition) is 3. The van der Waals surface area contributed by atoms with Crippen molar-refractivity contribution in [2.75, 3.05) is 0 Å². The van der Waals surface area contributed by atoms with Gasteiger partial charge in [-0.25, -0.2) is 4.79 Å². The van der Waals surface area contributed by atoms with Crippen molar-refractivity contribution in [1.29, 1.82) is 0 Å². The van der Waals surface area contributed by atoms with E-state index >= 15 is 0 Å². The molecule has 4 amide bonds. The van der Waals surface area contributed by atoms with Crippen molar-refractivity contribution in [1.82, 2.24) is 10.6 Å². The van der Waals surface area contributed by atoms with Crippen LogP contribution in [0.25, 0.3) is 0 Å². The predicted octanol–water partition coefficient (Wildman–Crippen LogP) is 0.961. The summed E-state index contributed by atoms with van der Waals surface area (Å²) in [6.07, 6.45) is 4.88. The van der Waals surface area contributed by atoms with Crippen molar-refractivity contribution >= 4 is 17.8 Å². The maximum Gasteiger partial charge on any atom is 0.328 e. The Morgan fingerprint density at radius 1 is 1.18 bits per heavy atom. The van der Waals surface area contributed by atoms with Crippen LogP contribution in [0.5, 0.6) is 0 Å². The summed E-state index contributed by atoms with van der Waals surface area (Å²) in [4.78, 5) is 35.3. The van der Waals surface area contributed by atoms with Gasteiger partial charge < -0.3 is 0 Å². The fourth-order valence-electron chi connectivity index (χ4n) is 2.79. The molecule has 0 aromatic heterocycles. The Bertz CT molecular complexity index is 392. The van der Waals surface area contributed by atoms with Crippen molar-refractivity contribution in [3.05, 3.63) is 12.2 Å². The van der Waals surface area contributed by atoms with Crippen LogP contribution in [0, 0.1) is 17.3 Å². The van der Waals surface area contributed by atoms with Crippen molar-refractivity contribution in [2.24, 2.45) is 17.3 Å². The van der Waals surface area contributed by atoms with Gasteiger partial charge in [-0.15, -0.1) is 0 Å². The standard InChI is InChI=1S/C12H16N2O3/c1-7(2)8-5-3-4-6-12(8)9(15)13-11(17)14-10(12)16/h3-4,7-8H,5-6H2,1-2H3,(H2,13,14,15,16,17)/t8-/m0/s1. The second-order valence-corrected chi connectivity index (χ2v) is 4.97. The first-order chi connectivity index (χ1) is 7.98. The third-order valence-corrected chi connectivity index (χ3v) is 3.70. The Morgan fingerprint density at radius 2 is 1.76 bits per heavy atom. The maximum absolute atomic E-state index is 12.1. The lowest BCUT2D eigenvalue weighted by atomic mass is 9.62. The number of rotatable bonds is 1. The lowest BCUT2D eigenvalue weighted by Gasteiger charge is -2.42. The average molecular weight is 236 g/mol. The summed E-state index contributed by atoms with van der Waals surface area (Å²) in [5.74, 6) is -0.797. The summed E-state index contributed by atoms with van der Waals surface area (Å²) in [6.45, 7) is 3.98. The van der Waals surface area contributed by atoms with E-state index in [2.05, 4.69) is 10.6 Å². The van der Waals surface area contributed by atoms with Gasteiger partial charge in [0.2, 0.25) is 11.8 Å². The molecule has 1 aliphatic heterocycles. The molecule has 1 saturated heterocycles. The Balaban J connectivity index is 2.44. The van der Waals surface area contributed by atoms with Gasteiger partial charge in [0, 0.05) is 0 Å². The van der Waals surface area contributed by atoms with Crippen molar-refractivity contribution < 1.29 is 14.4 Å². The van der Waals surface area contributed by atoms with Crippen LogP contribution in [0.15, 0.2) is 12.2 Å². The molecule has 2 rings (SSSR count). The highest BCUT2D eigenvalue weighted by atomic mass is 16.2. The number of barbiturate groups is 1. The molecule has 2 aliphatic rings. The first-order valence-corrected chi connectivity index (χ1v) is 5.80. The molecule has 0 unspecified atom stereocenters. The Hall–Kier alpha value is -1.65. The fraction of sp³-hybridized carbons (Fsp3) is 0.583. The molecule has 92 valence electrons. The second kappa shape index (κ2) is 3.98. The number of imide groups is 2. The van der Waals surface area contributed by atoms with Gasteiger partial charge >= 0.3 is 6.03 Å². The summed E-state index contributed by atoms with van der Waals surface area (Å²) in [6, 6.07) is -0.720. The molecule has 17 heavy (non-hydrogen) atoms. The van der Waals surface area contributed by atoms with E-state index in [-0.39, 0.29) is 11.8 Å². The van der Waals surface area contributed by atoms with Crippen LogP contribution in [0.4, 0.5) is 4.79 Å². The van der Waals surface area contributed by atoms with Gasteiger partial charge in [0.05, 0.1) is 0 Å². The van der Waals surface area contributed by atoms with Gasteiger partial charge in [-0.3, -0.25) is 20.2 Å². The molecule has 0 bridgehead atoms. The largest absolute Gasteiger partial charge is 0.328 e. The van der Waals surface area contributed by atoms with Crippen LogP contribution in [0.1, 0.15) is 26.7 Å². The van der Waals surface area contributed by atoms with E-state index in [9.17, 15) is 14.4 Å². The van der Waals surface area contributed by atoms with Gasteiger partial charge in [-0.2, -0.15) is 0 Å². The number of hydrogen-bond donors (Lipinski definition) is 2. The highest BCUT2D eigenvalue weighted by Crippen LogP contribution is 2.43. The zero-order valence-electron chi connectivity index (χ0n) is 9.95. The van der Waals surface area contributed by atoms with Gasteiger partial charge in [0.1, 0.15) is 5.41 Å². The highest BCUT2D eigenvalue weighted by molar-refractivity contribution is 6.19. The summed E-state index contributed by atoms with van der Waals surface area (Å²) in [7, 11) is 0. The van der Waals surface area contributed by atoms with Gasteiger partial charge in [0.25, 0.3) is 0 Å². The van der Waals surface area contributed by atoms with Crippen LogP contribution >= 0.6 is 0 Å². The van der Waals surface area contributed by atoms with E-state index < -0.39 is 23.3 Å². The van der Waals surface area contributed by atoms with E-state index in [0.717, 1.165) is 0 Å². The minimum atomic E-state index is -1.11. The van der Waals surface area contributed by atoms with Gasteiger partial charge in [-0.05, 0) is 24.7 Å².